The van der Waals surface area contributed by atoms with Gasteiger partial charge < -0.3 is 26.4 Å². The Hall–Kier alpha value is -3.46. The molecule has 0 aliphatic carbocycles. The van der Waals surface area contributed by atoms with Crippen molar-refractivity contribution in [3.8, 4) is 5.75 Å². The minimum absolute atomic E-state index is 0.137. The molecule has 202 valence electrons. The fourth-order valence-corrected chi connectivity index (χ4v) is 4.52. The molecule has 37 heavy (non-hydrogen) atoms. The van der Waals surface area contributed by atoms with Crippen LogP contribution in [0, 0.1) is 18.7 Å². The number of carbonyl (C=O) groups excluding carboxylic acids is 3. The van der Waals surface area contributed by atoms with E-state index in [-0.39, 0.29) is 42.8 Å². The highest BCUT2D eigenvalue weighted by molar-refractivity contribution is 5.93. The molecule has 3 amide bonds. The number of rotatable bonds is 12. The molecular weight excluding hydrogens is 475 g/mol. The Morgan fingerprint density at radius 2 is 1.59 bits per heavy atom. The number of phenols is 1. The smallest absolute Gasteiger partial charge is 0.246 e. The zero-order valence-corrected chi connectivity index (χ0v) is 22.3. The van der Waals surface area contributed by atoms with Crippen molar-refractivity contribution < 1.29 is 23.9 Å². The summed E-state index contributed by atoms with van der Waals surface area (Å²) in [5, 5.41) is 9.85. The number of benzene rings is 2. The van der Waals surface area contributed by atoms with E-state index in [1.807, 2.05) is 20.8 Å². The van der Waals surface area contributed by atoms with Crippen LogP contribution in [0.1, 0.15) is 43.9 Å². The third-order valence-corrected chi connectivity index (χ3v) is 6.48. The van der Waals surface area contributed by atoms with Crippen LogP contribution in [0.5, 0.6) is 5.75 Å². The summed E-state index contributed by atoms with van der Waals surface area (Å²) in [5.74, 6) is -1.99. The van der Waals surface area contributed by atoms with Crippen molar-refractivity contribution in [2.24, 2.45) is 17.4 Å². The lowest BCUT2D eigenvalue weighted by Crippen LogP contribution is -2.59. The number of nitrogens with zero attached hydrogens (tertiary/aromatic N) is 2. The molecule has 0 spiro atoms. The van der Waals surface area contributed by atoms with Crippen molar-refractivity contribution in [1.29, 1.82) is 0 Å². The highest BCUT2D eigenvalue weighted by atomic mass is 19.1. The Labute approximate surface area is 218 Å². The molecule has 0 aliphatic heterocycles. The number of aromatic hydroxyl groups is 1. The van der Waals surface area contributed by atoms with Crippen LogP contribution in [0.3, 0.4) is 0 Å². The van der Waals surface area contributed by atoms with E-state index in [1.54, 1.807) is 37.3 Å². The lowest BCUT2D eigenvalue weighted by Gasteiger charge is -2.38. The van der Waals surface area contributed by atoms with Crippen LogP contribution >= 0.6 is 0 Å². The summed E-state index contributed by atoms with van der Waals surface area (Å²) in [6, 6.07) is 7.99. The van der Waals surface area contributed by atoms with Crippen LogP contribution in [0.15, 0.2) is 42.5 Å². The van der Waals surface area contributed by atoms with Gasteiger partial charge in [-0.25, -0.2) is 4.39 Å². The number of aryl methyl sites for hydroxylation is 1. The maximum Gasteiger partial charge on any atom is 0.246 e. The summed E-state index contributed by atoms with van der Waals surface area (Å²) in [6.45, 7) is 7.56. The average molecular weight is 515 g/mol. The largest absolute Gasteiger partial charge is 0.508 e. The molecule has 8 nitrogen and oxygen atoms in total. The van der Waals surface area contributed by atoms with Gasteiger partial charge in [0.2, 0.25) is 17.7 Å². The van der Waals surface area contributed by atoms with Crippen molar-refractivity contribution in [2.45, 2.75) is 65.1 Å². The van der Waals surface area contributed by atoms with E-state index in [1.165, 1.54) is 29.0 Å². The van der Waals surface area contributed by atoms with Crippen LogP contribution in [-0.4, -0.2) is 64.3 Å². The molecule has 2 aromatic rings. The predicted octanol–water partition coefficient (Wildman–Crippen LogP) is 2.53. The Morgan fingerprint density at radius 3 is 2.11 bits per heavy atom. The van der Waals surface area contributed by atoms with Crippen LogP contribution in [0.2, 0.25) is 0 Å². The Balaban J connectivity index is 2.31. The van der Waals surface area contributed by atoms with Crippen LogP contribution < -0.4 is 11.5 Å². The molecule has 0 unspecified atom stereocenters. The van der Waals surface area contributed by atoms with Gasteiger partial charge in [0.15, 0.2) is 0 Å². The molecule has 0 saturated carbocycles. The molecule has 2 rings (SSSR count). The molecule has 0 aliphatic rings. The van der Waals surface area contributed by atoms with Crippen molar-refractivity contribution in [3.63, 3.8) is 0 Å². The van der Waals surface area contributed by atoms with Crippen molar-refractivity contribution in [3.05, 3.63) is 65.0 Å². The molecule has 3 atom stereocenters. The fraction of sp³-hybridized carbons (Fsp3) is 0.464. The van der Waals surface area contributed by atoms with Gasteiger partial charge in [0.1, 0.15) is 23.7 Å². The van der Waals surface area contributed by atoms with E-state index in [9.17, 15) is 23.9 Å². The van der Waals surface area contributed by atoms with E-state index in [0.717, 1.165) is 5.56 Å². The molecule has 0 saturated heterocycles. The number of nitrogens with two attached hydrogens (primary N) is 2. The molecule has 0 heterocycles. The zero-order chi connectivity index (χ0) is 27.9. The van der Waals surface area contributed by atoms with Crippen LogP contribution in [-0.2, 0) is 27.2 Å². The summed E-state index contributed by atoms with van der Waals surface area (Å²) in [4.78, 5) is 42.5. The average Bonchev–Trinajstić information content (AvgIpc) is 2.83. The lowest BCUT2D eigenvalue weighted by molar-refractivity contribution is -0.150. The Morgan fingerprint density at radius 1 is 1.00 bits per heavy atom. The maximum atomic E-state index is 13.9. The van der Waals surface area contributed by atoms with E-state index in [4.69, 9.17) is 11.5 Å². The first-order valence-corrected chi connectivity index (χ1v) is 12.5. The molecular formula is C28H39FN4O4. The van der Waals surface area contributed by atoms with Gasteiger partial charge in [-0.1, -0.05) is 45.0 Å². The first kappa shape index (κ1) is 29.8. The number of hydrogen-bond donors (Lipinski definition) is 3. The Kier molecular flexibility index (Phi) is 10.6. The number of carbonyl (C=O) groups is 3. The van der Waals surface area contributed by atoms with Gasteiger partial charge in [0.05, 0.1) is 6.04 Å². The van der Waals surface area contributed by atoms with E-state index in [0.29, 0.717) is 17.5 Å². The number of hydrogen-bond acceptors (Lipinski definition) is 5. The standard InChI is InChI=1S/C28H39FN4O4/c1-6-13-33(23(26(31)35)16-20-9-12-24(34)18(4)14-20)28(37)25(17(2)3)32(5)27(36)22(30)15-19-7-10-21(29)11-8-19/h7-12,14,17,22-23,25,34H,6,13,15-16,30H2,1-5H3,(H2,31,35)/t22-,23-,25-/m0/s1. The van der Waals surface area contributed by atoms with Crippen molar-refractivity contribution in [2.75, 3.05) is 13.6 Å². The second kappa shape index (κ2) is 13.2. The van der Waals surface area contributed by atoms with Crippen molar-refractivity contribution >= 4 is 17.7 Å². The van der Waals surface area contributed by atoms with Gasteiger partial charge in [0, 0.05) is 20.0 Å². The van der Waals surface area contributed by atoms with Gasteiger partial charge in [0.25, 0.3) is 0 Å². The van der Waals surface area contributed by atoms with Gasteiger partial charge in [-0.15, -0.1) is 0 Å². The first-order valence-electron chi connectivity index (χ1n) is 12.5. The topological polar surface area (TPSA) is 130 Å². The van der Waals surface area contributed by atoms with Crippen LogP contribution in [0.25, 0.3) is 0 Å². The highest BCUT2D eigenvalue weighted by Crippen LogP contribution is 2.22. The van der Waals surface area contributed by atoms with E-state index >= 15 is 0 Å². The quantitative estimate of drug-likeness (QED) is 0.401. The van der Waals surface area contributed by atoms with Crippen molar-refractivity contribution in [1.82, 2.24) is 9.80 Å². The summed E-state index contributed by atoms with van der Waals surface area (Å²) in [6.07, 6.45) is 0.941. The maximum absolute atomic E-state index is 13.9. The molecule has 5 N–H and O–H groups in total. The van der Waals surface area contributed by atoms with E-state index in [2.05, 4.69) is 0 Å². The summed E-state index contributed by atoms with van der Waals surface area (Å²) < 4.78 is 13.2. The Bertz CT molecular complexity index is 1090. The van der Waals surface area contributed by atoms with Crippen LogP contribution in [0.4, 0.5) is 4.39 Å². The minimum Gasteiger partial charge on any atom is -0.508 e. The van der Waals surface area contributed by atoms with E-state index < -0.39 is 29.9 Å². The molecule has 0 bridgehead atoms. The predicted molar refractivity (Wildman–Crippen MR) is 141 cm³/mol. The minimum atomic E-state index is -0.936. The molecule has 0 radical (unpaired) electrons. The zero-order valence-electron chi connectivity index (χ0n) is 22.3. The van der Waals surface area contributed by atoms with Gasteiger partial charge in [-0.05, 0) is 60.6 Å². The molecule has 2 aromatic carbocycles. The third kappa shape index (κ3) is 7.76. The number of amides is 3. The third-order valence-electron chi connectivity index (χ3n) is 6.48. The number of phenolic OH excluding ortho intramolecular Hbond substituents is 1. The number of likely N-dealkylation sites (N-methyl/N-ethyl adjacent to an activating group) is 1. The molecule has 9 heteroatoms. The second-order valence-corrected chi connectivity index (χ2v) is 9.85. The highest BCUT2D eigenvalue weighted by Gasteiger charge is 2.38. The summed E-state index contributed by atoms with van der Waals surface area (Å²) in [5.41, 5.74) is 14.1. The van der Waals surface area contributed by atoms with Gasteiger partial charge in [-0.2, -0.15) is 0 Å². The molecule has 0 aromatic heterocycles. The monoisotopic (exact) mass is 514 g/mol. The summed E-state index contributed by atoms with van der Waals surface area (Å²) in [7, 11) is 1.53. The summed E-state index contributed by atoms with van der Waals surface area (Å²) >= 11 is 0. The lowest BCUT2D eigenvalue weighted by atomic mass is 9.96. The first-order chi connectivity index (χ1) is 17.4. The SMILES string of the molecule is CCCN(C(=O)[C@H](C(C)C)N(C)C(=O)[C@@H](N)Cc1ccc(F)cc1)[C@@H](Cc1ccc(O)c(C)c1)C(N)=O. The fourth-order valence-electron chi connectivity index (χ4n) is 4.52. The normalized spacial score (nSPS) is 13.6. The van der Waals surface area contributed by atoms with Gasteiger partial charge in [-0.3, -0.25) is 14.4 Å². The molecule has 0 fully saturated rings. The number of halogens is 1. The number of primary amides is 1. The van der Waals surface area contributed by atoms with Gasteiger partial charge >= 0.3 is 0 Å². The second-order valence-electron chi connectivity index (χ2n) is 9.85.